The molecule has 0 bridgehead atoms. The molecule has 0 saturated carbocycles. The Kier molecular flexibility index (Phi) is 8.96. The zero-order chi connectivity index (χ0) is 24.8. The third-order valence-electron chi connectivity index (χ3n) is 6.79. The van der Waals surface area contributed by atoms with Gasteiger partial charge in [-0.05, 0) is 55.6 Å². The molecule has 3 rings (SSSR count). The van der Waals surface area contributed by atoms with Crippen LogP contribution in [0.2, 0.25) is 18.1 Å². The summed E-state index contributed by atoms with van der Waals surface area (Å²) in [5.74, 6) is 0.716. The third-order valence-corrected chi connectivity index (χ3v) is 11.1. The fourth-order valence-electron chi connectivity index (χ4n) is 3.78. The zero-order valence-corrected chi connectivity index (χ0v) is 22.5. The average Bonchev–Trinajstić information content (AvgIpc) is 2.78. The van der Waals surface area contributed by atoms with Crippen molar-refractivity contribution >= 4 is 14.3 Å². The first-order valence-corrected chi connectivity index (χ1v) is 15.3. The summed E-state index contributed by atoms with van der Waals surface area (Å²) < 4.78 is 24.0. The maximum Gasteiger partial charge on any atom is 0.308 e. The van der Waals surface area contributed by atoms with E-state index in [4.69, 9.17) is 18.6 Å². The number of hydrogen-bond donors (Lipinski definition) is 0. The van der Waals surface area contributed by atoms with Gasteiger partial charge in [0.2, 0.25) is 8.32 Å². The molecule has 0 unspecified atom stereocenters. The van der Waals surface area contributed by atoms with Gasteiger partial charge in [0.1, 0.15) is 5.75 Å². The van der Waals surface area contributed by atoms with Crippen LogP contribution in [0.15, 0.2) is 54.6 Å². The van der Waals surface area contributed by atoms with Crippen molar-refractivity contribution in [1.29, 1.82) is 0 Å². The molecule has 3 atom stereocenters. The van der Waals surface area contributed by atoms with E-state index in [0.29, 0.717) is 13.0 Å². The smallest absolute Gasteiger partial charge is 0.308 e. The molecule has 0 aliphatic carbocycles. The molecule has 1 aliphatic rings. The van der Waals surface area contributed by atoms with E-state index in [9.17, 15) is 4.79 Å². The number of hydrogen-bond acceptors (Lipinski definition) is 5. The minimum atomic E-state index is -1.85. The molecule has 1 aliphatic heterocycles. The molecule has 0 radical (unpaired) electrons. The van der Waals surface area contributed by atoms with Crippen LogP contribution in [0.1, 0.15) is 64.4 Å². The second-order valence-electron chi connectivity index (χ2n) is 10.5. The van der Waals surface area contributed by atoms with Gasteiger partial charge in [0.05, 0.1) is 25.2 Å². The van der Waals surface area contributed by atoms with E-state index in [1.807, 2.05) is 37.3 Å². The van der Waals surface area contributed by atoms with Crippen molar-refractivity contribution in [3.8, 4) is 5.75 Å². The molecule has 34 heavy (non-hydrogen) atoms. The predicted octanol–water partition coefficient (Wildman–Crippen LogP) is 6.83. The summed E-state index contributed by atoms with van der Waals surface area (Å²) in [6.07, 6.45) is 1.97. The summed E-state index contributed by atoms with van der Waals surface area (Å²) in [4.78, 5) is 12.1. The largest absolute Gasteiger partial charge is 0.544 e. The minimum Gasteiger partial charge on any atom is -0.544 e. The Labute approximate surface area is 205 Å². The molecule has 5 nitrogen and oxygen atoms in total. The highest BCUT2D eigenvalue weighted by molar-refractivity contribution is 6.74. The lowest BCUT2D eigenvalue weighted by Crippen LogP contribution is -2.43. The van der Waals surface area contributed by atoms with Crippen LogP contribution < -0.4 is 4.43 Å². The van der Waals surface area contributed by atoms with Crippen molar-refractivity contribution in [2.45, 2.75) is 90.0 Å². The fraction of sp³-hybridized carbons (Fsp3) is 0.536. The van der Waals surface area contributed by atoms with Gasteiger partial charge < -0.3 is 18.6 Å². The van der Waals surface area contributed by atoms with Gasteiger partial charge in [-0.25, -0.2) is 0 Å². The van der Waals surface area contributed by atoms with Gasteiger partial charge in [0, 0.05) is 12.0 Å². The van der Waals surface area contributed by atoms with Crippen molar-refractivity contribution in [2.24, 2.45) is 0 Å². The van der Waals surface area contributed by atoms with Crippen molar-refractivity contribution in [2.75, 3.05) is 6.61 Å². The van der Waals surface area contributed by atoms with Crippen LogP contribution in [0, 0.1) is 0 Å². The predicted molar refractivity (Wildman–Crippen MR) is 137 cm³/mol. The molecule has 2 aromatic carbocycles. The van der Waals surface area contributed by atoms with E-state index in [1.165, 1.54) is 5.56 Å². The summed E-state index contributed by atoms with van der Waals surface area (Å²) in [6.45, 7) is 13.5. The van der Waals surface area contributed by atoms with Crippen LogP contribution in [0.5, 0.6) is 5.75 Å². The van der Waals surface area contributed by atoms with E-state index in [2.05, 4.69) is 58.1 Å². The number of carbonyl (C=O) groups excluding carboxylic acids is 1. The molecule has 1 saturated heterocycles. The van der Waals surface area contributed by atoms with Crippen molar-refractivity contribution in [1.82, 2.24) is 0 Å². The van der Waals surface area contributed by atoms with Gasteiger partial charge in [-0.15, -0.1) is 0 Å². The number of rotatable bonds is 9. The quantitative estimate of drug-likeness (QED) is 0.288. The van der Waals surface area contributed by atoms with Crippen LogP contribution in [-0.4, -0.2) is 33.1 Å². The molecular weight excluding hydrogens is 444 g/mol. The molecule has 2 aromatic rings. The van der Waals surface area contributed by atoms with Crippen LogP contribution >= 0.6 is 0 Å². The van der Waals surface area contributed by atoms with Crippen molar-refractivity contribution in [3.05, 3.63) is 65.7 Å². The molecule has 0 amide bonds. The standard InChI is InChI=1S/C28H40O5Si/c1-7-30-26(29)20-25-19-24(31-27(32-25)22-11-9-8-10-12-22)18-15-21-13-16-23(17-14-21)33-34(5,6)28(2,3)4/h8-14,16-17,24-25,27H,7,15,18-20H2,1-6H3/t24-,25-,27-/m0/s1. The molecule has 0 spiro atoms. The lowest BCUT2D eigenvalue weighted by molar-refractivity contribution is -0.250. The zero-order valence-electron chi connectivity index (χ0n) is 21.5. The number of ether oxygens (including phenoxy) is 3. The lowest BCUT2D eigenvalue weighted by atomic mass is 9.99. The van der Waals surface area contributed by atoms with Crippen molar-refractivity contribution < 1.29 is 23.4 Å². The molecule has 0 N–H and O–H groups in total. The van der Waals surface area contributed by atoms with Crippen LogP contribution in [0.3, 0.4) is 0 Å². The third kappa shape index (κ3) is 7.42. The summed E-state index contributed by atoms with van der Waals surface area (Å²) in [7, 11) is -1.85. The SMILES string of the molecule is CCOC(=O)C[C@@H]1C[C@H](CCc2ccc(O[Si](C)(C)C(C)(C)C)cc2)O[C@H](c2ccccc2)O1. The second-order valence-corrected chi connectivity index (χ2v) is 15.3. The Morgan fingerprint density at radius 2 is 1.65 bits per heavy atom. The minimum absolute atomic E-state index is 0.00143. The Hall–Kier alpha value is -2.15. The van der Waals surface area contributed by atoms with Gasteiger partial charge in [0.15, 0.2) is 6.29 Å². The van der Waals surface area contributed by atoms with E-state index < -0.39 is 14.6 Å². The highest BCUT2D eigenvalue weighted by atomic mass is 28.4. The Morgan fingerprint density at radius 3 is 2.26 bits per heavy atom. The number of aryl methyl sites for hydroxylation is 1. The fourth-order valence-corrected chi connectivity index (χ4v) is 4.81. The maximum atomic E-state index is 12.1. The molecule has 0 aromatic heterocycles. The first-order valence-electron chi connectivity index (χ1n) is 12.4. The monoisotopic (exact) mass is 484 g/mol. The van der Waals surface area contributed by atoms with E-state index >= 15 is 0 Å². The number of benzene rings is 2. The summed E-state index contributed by atoms with van der Waals surface area (Å²) in [6, 6.07) is 18.4. The van der Waals surface area contributed by atoms with Crippen molar-refractivity contribution in [3.63, 3.8) is 0 Å². The van der Waals surface area contributed by atoms with Crippen LogP contribution in [0.4, 0.5) is 0 Å². The summed E-state index contributed by atoms with van der Waals surface area (Å²) in [5, 5.41) is 0.168. The molecule has 186 valence electrons. The molecule has 6 heteroatoms. The van der Waals surface area contributed by atoms with Gasteiger partial charge in [-0.1, -0.05) is 63.2 Å². The van der Waals surface area contributed by atoms with E-state index in [-0.39, 0.29) is 29.6 Å². The summed E-state index contributed by atoms with van der Waals surface area (Å²) >= 11 is 0. The normalized spacial score (nSPS) is 21.2. The van der Waals surface area contributed by atoms with Gasteiger partial charge in [-0.3, -0.25) is 4.79 Å². The van der Waals surface area contributed by atoms with Gasteiger partial charge in [-0.2, -0.15) is 0 Å². The van der Waals surface area contributed by atoms with Crippen LogP contribution in [-0.2, 0) is 25.4 Å². The van der Waals surface area contributed by atoms with E-state index in [1.54, 1.807) is 0 Å². The first-order chi connectivity index (χ1) is 16.1. The maximum absolute atomic E-state index is 12.1. The topological polar surface area (TPSA) is 54.0 Å². The van der Waals surface area contributed by atoms with E-state index in [0.717, 1.165) is 24.2 Å². The first kappa shape index (κ1) is 26.5. The molecule has 1 fully saturated rings. The lowest BCUT2D eigenvalue weighted by Gasteiger charge is -2.36. The highest BCUT2D eigenvalue weighted by Crippen LogP contribution is 2.37. The van der Waals surface area contributed by atoms with Gasteiger partial charge in [0.25, 0.3) is 0 Å². The van der Waals surface area contributed by atoms with Gasteiger partial charge >= 0.3 is 5.97 Å². The Balaban J connectivity index is 1.62. The second kappa shape index (κ2) is 11.5. The molecular formula is C28H40O5Si. The Bertz CT molecular complexity index is 905. The number of carbonyl (C=O) groups is 1. The number of esters is 1. The average molecular weight is 485 g/mol. The molecule has 1 heterocycles. The van der Waals surface area contributed by atoms with Crippen LogP contribution in [0.25, 0.3) is 0 Å². The highest BCUT2D eigenvalue weighted by Gasteiger charge is 2.39. The summed E-state index contributed by atoms with van der Waals surface area (Å²) in [5.41, 5.74) is 2.21. The Morgan fingerprint density at radius 1 is 1.00 bits per heavy atom.